The van der Waals surface area contributed by atoms with E-state index in [1.807, 2.05) is 41.2 Å². The van der Waals surface area contributed by atoms with Crippen LogP contribution in [0.1, 0.15) is 11.1 Å². The van der Waals surface area contributed by atoms with Gasteiger partial charge in [0.25, 0.3) is 0 Å². The van der Waals surface area contributed by atoms with E-state index in [-0.39, 0.29) is 0 Å². The van der Waals surface area contributed by atoms with E-state index < -0.39 is 10.0 Å². The molecule has 0 saturated carbocycles. The second-order valence-corrected chi connectivity index (χ2v) is 8.10. The third kappa shape index (κ3) is 5.99. The molecule has 0 amide bonds. The van der Waals surface area contributed by atoms with Crippen molar-refractivity contribution >= 4 is 10.0 Å². The fourth-order valence-corrected chi connectivity index (χ4v) is 3.21. The van der Waals surface area contributed by atoms with Crippen LogP contribution in [0.5, 0.6) is 0 Å². The summed E-state index contributed by atoms with van der Waals surface area (Å²) in [6.45, 7) is 2.15. The van der Waals surface area contributed by atoms with Gasteiger partial charge in [0.1, 0.15) is 0 Å². The highest BCUT2D eigenvalue weighted by atomic mass is 32.2. The summed E-state index contributed by atoms with van der Waals surface area (Å²) in [6.07, 6.45) is 6.70. The van der Waals surface area contributed by atoms with Crippen LogP contribution in [0, 0.1) is 0 Å². The minimum absolute atomic E-state index is 0.346. The fourth-order valence-electron chi connectivity index (χ4n) is 2.74. The molecule has 0 spiro atoms. The van der Waals surface area contributed by atoms with Crippen LogP contribution in [0.15, 0.2) is 61.1 Å². The van der Waals surface area contributed by atoms with Crippen molar-refractivity contribution in [3.63, 3.8) is 0 Å². The molecule has 0 atom stereocenters. The smallest absolute Gasteiger partial charge is 0.208 e. The Kier molecular flexibility index (Phi) is 6.33. The van der Waals surface area contributed by atoms with Gasteiger partial charge in [-0.2, -0.15) is 5.10 Å². The fraction of sp³-hybridized carbons (Fsp3) is 0.263. The van der Waals surface area contributed by atoms with E-state index in [1.165, 1.54) is 5.56 Å². The third-order valence-electron chi connectivity index (χ3n) is 3.94. The SMILES string of the molecule is CS(=O)(=O)NCCNCc1cn(Cc2ccccc2)nc1-c1cccnc1. The number of nitrogens with one attached hydrogen (secondary N) is 2. The first-order valence-electron chi connectivity index (χ1n) is 8.67. The van der Waals surface area contributed by atoms with Crippen LogP contribution >= 0.6 is 0 Å². The zero-order valence-electron chi connectivity index (χ0n) is 15.2. The molecule has 7 nitrogen and oxygen atoms in total. The summed E-state index contributed by atoms with van der Waals surface area (Å²) >= 11 is 0. The molecule has 0 aliphatic carbocycles. The van der Waals surface area contributed by atoms with E-state index in [2.05, 4.69) is 27.2 Å². The lowest BCUT2D eigenvalue weighted by Crippen LogP contribution is -2.30. The maximum Gasteiger partial charge on any atom is 0.208 e. The third-order valence-corrected chi connectivity index (χ3v) is 4.67. The Labute approximate surface area is 159 Å². The van der Waals surface area contributed by atoms with Gasteiger partial charge in [-0.15, -0.1) is 0 Å². The zero-order chi connectivity index (χ0) is 19.1. The minimum Gasteiger partial charge on any atom is -0.311 e. The molecule has 2 aromatic heterocycles. The minimum atomic E-state index is -3.17. The van der Waals surface area contributed by atoms with Crippen molar-refractivity contribution in [2.45, 2.75) is 13.1 Å². The van der Waals surface area contributed by atoms with E-state index in [9.17, 15) is 8.42 Å². The maximum atomic E-state index is 11.1. The summed E-state index contributed by atoms with van der Waals surface area (Å²) in [6, 6.07) is 14.0. The second-order valence-electron chi connectivity index (χ2n) is 6.27. The molecule has 142 valence electrons. The van der Waals surface area contributed by atoms with Crippen LogP contribution in [0.4, 0.5) is 0 Å². The van der Waals surface area contributed by atoms with Gasteiger partial charge in [0.05, 0.1) is 18.5 Å². The Morgan fingerprint density at radius 1 is 1.07 bits per heavy atom. The highest BCUT2D eigenvalue weighted by molar-refractivity contribution is 7.88. The highest BCUT2D eigenvalue weighted by Crippen LogP contribution is 2.21. The van der Waals surface area contributed by atoms with Crippen molar-refractivity contribution in [3.05, 3.63) is 72.2 Å². The molecule has 0 unspecified atom stereocenters. The lowest BCUT2D eigenvalue weighted by molar-refractivity contribution is 0.582. The molecule has 0 bridgehead atoms. The predicted octanol–water partition coefficient (Wildman–Crippen LogP) is 1.63. The number of hydrogen-bond donors (Lipinski definition) is 2. The van der Waals surface area contributed by atoms with Gasteiger partial charge >= 0.3 is 0 Å². The summed E-state index contributed by atoms with van der Waals surface area (Å²) < 4.78 is 26.6. The average Bonchev–Trinajstić information content (AvgIpc) is 3.05. The van der Waals surface area contributed by atoms with Crippen molar-refractivity contribution in [1.82, 2.24) is 24.8 Å². The summed E-state index contributed by atoms with van der Waals surface area (Å²) in [5.74, 6) is 0. The number of benzene rings is 1. The predicted molar refractivity (Wildman–Crippen MR) is 106 cm³/mol. The van der Waals surface area contributed by atoms with Crippen LogP contribution in [0.3, 0.4) is 0 Å². The van der Waals surface area contributed by atoms with Gasteiger partial charge in [0, 0.05) is 49.4 Å². The molecule has 3 rings (SSSR count). The second kappa shape index (κ2) is 8.90. The summed E-state index contributed by atoms with van der Waals surface area (Å²) in [4.78, 5) is 4.19. The molecule has 0 aliphatic heterocycles. The van der Waals surface area contributed by atoms with E-state index in [4.69, 9.17) is 5.10 Å². The van der Waals surface area contributed by atoms with Crippen LogP contribution in [-0.2, 0) is 23.1 Å². The standard InChI is InChI=1S/C19H23N5O2S/c1-27(25,26)22-11-10-21-13-18-15-24(14-16-6-3-2-4-7-16)23-19(18)17-8-5-9-20-12-17/h2-9,12,15,21-22H,10-11,13-14H2,1H3. The molecule has 27 heavy (non-hydrogen) atoms. The number of sulfonamides is 1. The summed E-state index contributed by atoms with van der Waals surface area (Å²) in [7, 11) is -3.17. The van der Waals surface area contributed by atoms with Crippen LogP contribution in [-0.4, -0.2) is 42.5 Å². The molecule has 0 aliphatic rings. The van der Waals surface area contributed by atoms with E-state index >= 15 is 0 Å². The first-order valence-corrected chi connectivity index (χ1v) is 10.6. The van der Waals surface area contributed by atoms with Crippen molar-refractivity contribution in [2.24, 2.45) is 0 Å². The normalized spacial score (nSPS) is 11.6. The molecule has 0 radical (unpaired) electrons. The van der Waals surface area contributed by atoms with Gasteiger partial charge in [-0.05, 0) is 17.7 Å². The molecule has 0 saturated heterocycles. The molecule has 2 N–H and O–H groups in total. The molecule has 3 aromatic rings. The zero-order valence-corrected chi connectivity index (χ0v) is 16.0. The Balaban J connectivity index is 1.72. The molecular formula is C19H23N5O2S. The maximum absolute atomic E-state index is 11.1. The summed E-state index contributed by atoms with van der Waals surface area (Å²) in [5.41, 5.74) is 4.05. The molecule has 8 heteroatoms. The van der Waals surface area contributed by atoms with Gasteiger partial charge in [0.15, 0.2) is 0 Å². The Bertz CT molecular complexity index is 956. The quantitative estimate of drug-likeness (QED) is 0.547. The monoisotopic (exact) mass is 385 g/mol. The van der Waals surface area contributed by atoms with E-state index in [1.54, 1.807) is 12.4 Å². The van der Waals surface area contributed by atoms with Gasteiger partial charge in [0.2, 0.25) is 10.0 Å². The Morgan fingerprint density at radius 2 is 1.89 bits per heavy atom. The van der Waals surface area contributed by atoms with Crippen LogP contribution in [0.25, 0.3) is 11.3 Å². The summed E-state index contributed by atoms with van der Waals surface area (Å²) in [5, 5.41) is 8.00. The Hall–Kier alpha value is -2.55. The van der Waals surface area contributed by atoms with Crippen molar-refractivity contribution in [2.75, 3.05) is 19.3 Å². The number of hydrogen-bond acceptors (Lipinski definition) is 5. The van der Waals surface area contributed by atoms with Crippen molar-refractivity contribution < 1.29 is 8.42 Å². The first kappa shape index (κ1) is 19.2. The largest absolute Gasteiger partial charge is 0.311 e. The van der Waals surface area contributed by atoms with Crippen LogP contribution < -0.4 is 10.0 Å². The molecule has 0 fully saturated rings. The van der Waals surface area contributed by atoms with Crippen molar-refractivity contribution in [3.8, 4) is 11.3 Å². The molecule has 1 aromatic carbocycles. The Morgan fingerprint density at radius 3 is 2.59 bits per heavy atom. The van der Waals surface area contributed by atoms with Crippen molar-refractivity contribution in [1.29, 1.82) is 0 Å². The first-order chi connectivity index (χ1) is 13.0. The molecule has 2 heterocycles. The van der Waals surface area contributed by atoms with Crippen LogP contribution in [0.2, 0.25) is 0 Å². The number of rotatable bonds is 9. The number of nitrogens with zero attached hydrogens (tertiary/aromatic N) is 3. The topological polar surface area (TPSA) is 88.9 Å². The van der Waals surface area contributed by atoms with E-state index in [0.717, 1.165) is 23.1 Å². The van der Waals surface area contributed by atoms with Gasteiger partial charge in [-0.1, -0.05) is 30.3 Å². The lowest BCUT2D eigenvalue weighted by Gasteiger charge is -2.05. The van der Waals surface area contributed by atoms with Gasteiger partial charge in [-0.25, -0.2) is 13.1 Å². The molecular weight excluding hydrogens is 362 g/mol. The van der Waals surface area contributed by atoms with E-state index in [0.29, 0.717) is 26.2 Å². The van der Waals surface area contributed by atoms with Gasteiger partial charge < -0.3 is 5.32 Å². The highest BCUT2D eigenvalue weighted by Gasteiger charge is 2.11. The van der Waals surface area contributed by atoms with Gasteiger partial charge in [-0.3, -0.25) is 9.67 Å². The number of pyridine rings is 1. The lowest BCUT2D eigenvalue weighted by atomic mass is 10.1. The number of aromatic nitrogens is 3. The average molecular weight is 385 g/mol.